The zero-order valence-corrected chi connectivity index (χ0v) is 15.4. The maximum Gasteiger partial charge on any atom is 0.247 e. The number of nitrogens with one attached hydrogen (secondary N) is 1. The van der Waals surface area contributed by atoms with Gasteiger partial charge in [0.25, 0.3) is 0 Å². The van der Waals surface area contributed by atoms with Gasteiger partial charge in [-0.25, -0.2) is 4.39 Å². The highest BCUT2D eigenvalue weighted by molar-refractivity contribution is 6.31. The van der Waals surface area contributed by atoms with Gasteiger partial charge in [-0.1, -0.05) is 29.8 Å². The van der Waals surface area contributed by atoms with Gasteiger partial charge in [0.05, 0.1) is 0 Å². The van der Waals surface area contributed by atoms with Crippen molar-refractivity contribution >= 4 is 35.2 Å². The SMILES string of the molecule is CCN(CC(=O)Nc1cc(Cl)ccc1C)C(=O)/C=C/c1ccc(F)cc1. The minimum atomic E-state index is -0.336. The molecule has 0 heterocycles. The van der Waals surface area contributed by atoms with Crippen molar-refractivity contribution in [2.45, 2.75) is 13.8 Å². The van der Waals surface area contributed by atoms with Gasteiger partial charge in [-0.3, -0.25) is 9.59 Å². The summed E-state index contributed by atoms with van der Waals surface area (Å²) < 4.78 is 12.9. The molecule has 2 amide bonds. The fourth-order valence-electron chi connectivity index (χ4n) is 2.28. The molecule has 0 saturated heterocycles. The topological polar surface area (TPSA) is 49.4 Å². The molecule has 0 radical (unpaired) electrons. The lowest BCUT2D eigenvalue weighted by molar-refractivity contribution is -0.130. The second-order valence-electron chi connectivity index (χ2n) is 5.74. The number of hydrogen-bond acceptors (Lipinski definition) is 2. The molecule has 0 aliphatic heterocycles. The van der Waals surface area contributed by atoms with Gasteiger partial charge in [-0.15, -0.1) is 0 Å². The number of carbonyl (C=O) groups is 2. The largest absolute Gasteiger partial charge is 0.330 e. The van der Waals surface area contributed by atoms with Gasteiger partial charge in [-0.2, -0.15) is 0 Å². The van der Waals surface area contributed by atoms with Crippen LogP contribution in [0.15, 0.2) is 48.5 Å². The lowest BCUT2D eigenvalue weighted by atomic mass is 10.2. The summed E-state index contributed by atoms with van der Waals surface area (Å²) in [6.45, 7) is 3.96. The quantitative estimate of drug-likeness (QED) is 0.767. The first-order chi connectivity index (χ1) is 12.4. The van der Waals surface area contributed by atoms with Crippen LogP contribution in [0, 0.1) is 12.7 Å². The molecule has 0 saturated carbocycles. The number of aryl methyl sites for hydroxylation is 1. The van der Waals surface area contributed by atoms with Crippen molar-refractivity contribution < 1.29 is 14.0 Å². The van der Waals surface area contributed by atoms with E-state index in [1.807, 2.05) is 13.0 Å². The molecule has 0 unspecified atom stereocenters. The average molecular weight is 375 g/mol. The van der Waals surface area contributed by atoms with Crippen LogP contribution in [0.25, 0.3) is 6.08 Å². The molecule has 26 heavy (non-hydrogen) atoms. The van der Waals surface area contributed by atoms with E-state index in [4.69, 9.17) is 11.6 Å². The number of halogens is 2. The van der Waals surface area contributed by atoms with E-state index in [0.29, 0.717) is 22.8 Å². The molecule has 2 aromatic rings. The van der Waals surface area contributed by atoms with Gasteiger partial charge in [0.15, 0.2) is 0 Å². The molecule has 0 aliphatic carbocycles. The fourth-order valence-corrected chi connectivity index (χ4v) is 2.46. The van der Waals surface area contributed by atoms with Crippen molar-refractivity contribution in [2.24, 2.45) is 0 Å². The van der Waals surface area contributed by atoms with Crippen LogP contribution in [-0.4, -0.2) is 29.8 Å². The van der Waals surface area contributed by atoms with Crippen molar-refractivity contribution in [2.75, 3.05) is 18.4 Å². The van der Waals surface area contributed by atoms with E-state index in [2.05, 4.69) is 5.32 Å². The number of hydrogen-bond donors (Lipinski definition) is 1. The maximum atomic E-state index is 12.9. The summed E-state index contributed by atoms with van der Waals surface area (Å²) in [5, 5.41) is 3.29. The van der Waals surface area contributed by atoms with Gasteiger partial charge in [0.2, 0.25) is 11.8 Å². The molecule has 0 aliphatic rings. The standard InChI is InChI=1S/C20H20ClFN2O2/c1-3-24(20(26)11-7-15-5-9-17(22)10-6-15)13-19(25)23-18-12-16(21)8-4-14(18)2/h4-12H,3,13H2,1-2H3,(H,23,25)/b11-7+. The molecule has 2 aromatic carbocycles. The number of rotatable bonds is 6. The van der Waals surface area contributed by atoms with Crippen molar-refractivity contribution in [3.63, 3.8) is 0 Å². The summed E-state index contributed by atoms with van der Waals surface area (Å²) in [5.41, 5.74) is 2.20. The Morgan fingerprint density at radius 1 is 1.19 bits per heavy atom. The zero-order valence-electron chi connectivity index (χ0n) is 14.6. The van der Waals surface area contributed by atoms with E-state index in [1.54, 1.807) is 37.3 Å². The first-order valence-electron chi connectivity index (χ1n) is 8.17. The lowest BCUT2D eigenvalue weighted by Crippen LogP contribution is -2.37. The van der Waals surface area contributed by atoms with Crippen molar-refractivity contribution in [1.29, 1.82) is 0 Å². The van der Waals surface area contributed by atoms with E-state index in [-0.39, 0.29) is 24.2 Å². The van der Waals surface area contributed by atoms with Crippen LogP contribution in [0.4, 0.5) is 10.1 Å². The lowest BCUT2D eigenvalue weighted by Gasteiger charge is -2.19. The Labute approximate surface area is 157 Å². The third-order valence-electron chi connectivity index (χ3n) is 3.79. The molecular formula is C20H20ClFN2O2. The summed E-state index contributed by atoms with van der Waals surface area (Å²) >= 11 is 5.94. The minimum absolute atomic E-state index is 0.0744. The first-order valence-corrected chi connectivity index (χ1v) is 8.55. The summed E-state index contributed by atoms with van der Waals surface area (Å²) in [4.78, 5) is 25.9. The molecule has 1 N–H and O–H groups in total. The number of benzene rings is 2. The first kappa shape index (κ1) is 19.7. The van der Waals surface area contributed by atoms with Gasteiger partial charge in [-0.05, 0) is 55.3 Å². The molecule has 0 bridgehead atoms. The fraction of sp³-hybridized carbons (Fsp3) is 0.200. The molecule has 6 heteroatoms. The summed E-state index contributed by atoms with van der Waals surface area (Å²) in [6.07, 6.45) is 2.96. The monoisotopic (exact) mass is 374 g/mol. The number of nitrogens with zero attached hydrogens (tertiary/aromatic N) is 1. The minimum Gasteiger partial charge on any atom is -0.330 e. The number of carbonyl (C=O) groups excluding carboxylic acids is 2. The van der Waals surface area contributed by atoms with Crippen LogP contribution in [-0.2, 0) is 9.59 Å². The van der Waals surface area contributed by atoms with Crippen LogP contribution in [0.5, 0.6) is 0 Å². The molecule has 0 aromatic heterocycles. The Balaban J connectivity index is 1.98. The molecular weight excluding hydrogens is 355 g/mol. The third kappa shape index (κ3) is 5.70. The summed E-state index contributed by atoms with van der Waals surface area (Å²) in [6, 6.07) is 11.0. The Bertz CT molecular complexity index is 819. The normalized spacial score (nSPS) is 10.8. The van der Waals surface area contributed by atoms with E-state index in [0.717, 1.165) is 5.56 Å². The average Bonchev–Trinajstić information content (AvgIpc) is 2.62. The van der Waals surface area contributed by atoms with Crippen LogP contribution in [0.1, 0.15) is 18.1 Å². The third-order valence-corrected chi connectivity index (χ3v) is 4.03. The van der Waals surface area contributed by atoms with E-state index < -0.39 is 0 Å². The van der Waals surface area contributed by atoms with Crippen LogP contribution in [0.3, 0.4) is 0 Å². The predicted molar refractivity (Wildman–Crippen MR) is 103 cm³/mol. The highest BCUT2D eigenvalue weighted by Gasteiger charge is 2.14. The highest BCUT2D eigenvalue weighted by Crippen LogP contribution is 2.20. The molecule has 4 nitrogen and oxygen atoms in total. The zero-order chi connectivity index (χ0) is 19.1. The summed E-state index contributed by atoms with van der Waals surface area (Å²) in [5.74, 6) is -0.938. The maximum absolute atomic E-state index is 12.9. The Morgan fingerprint density at radius 3 is 2.54 bits per heavy atom. The molecule has 0 fully saturated rings. The molecule has 0 atom stereocenters. The van der Waals surface area contributed by atoms with Crippen molar-refractivity contribution in [3.05, 3.63) is 70.5 Å². The van der Waals surface area contributed by atoms with E-state index in [1.165, 1.54) is 23.1 Å². The van der Waals surface area contributed by atoms with Crippen molar-refractivity contribution in [1.82, 2.24) is 4.90 Å². The molecule has 0 spiro atoms. The molecule has 2 rings (SSSR count). The van der Waals surface area contributed by atoms with Gasteiger partial charge in [0, 0.05) is 23.3 Å². The van der Waals surface area contributed by atoms with Crippen LogP contribution >= 0.6 is 11.6 Å². The Morgan fingerprint density at radius 2 is 1.88 bits per heavy atom. The van der Waals surface area contributed by atoms with E-state index in [9.17, 15) is 14.0 Å². The Kier molecular flexibility index (Phi) is 6.92. The number of amides is 2. The highest BCUT2D eigenvalue weighted by atomic mass is 35.5. The van der Waals surface area contributed by atoms with Gasteiger partial charge >= 0.3 is 0 Å². The van der Waals surface area contributed by atoms with Gasteiger partial charge in [0.1, 0.15) is 12.4 Å². The smallest absolute Gasteiger partial charge is 0.247 e. The second-order valence-corrected chi connectivity index (χ2v) is 6.18. The van der Waals surface area contributed by atoms with E-state index >= 15 is 0 Å². The summed E-state index contributed by atoms with van der Waals surface area (Å²) in [7, 11) is 0. The molecule has 136 valence electrons. The van der Waals surface area contributed by atoms with Crippen molar-refractivity contribution in [3.8, 4) is 0 Å². The second kappa shape index (κ2) is 9.15. The van der Waals surface area contributed by atoms with Crippen LogP contribution < -0.4 is 5.32 Å². The predicted octanol–water partition coefficient (Wildman–Crippen LogP) is 4.29. The number of likely N-dealkylation sites (N-methyl/N-ethyl adjacent to an activating group) is 1. The van der Waals surface area contributed by atoms with Crippen LogP contribution in [0.2, 0.25) is 5.02 Å². The van der Waals surface area contributed by atoms with Gasteiger partial charge < -0.3 is 10.2 Å². The number of anilines is 1. The Hall–Kier alpha value is -2.66.